The van der Waals surface area contributed by atoms with E-state index in [1.54, 1.807) is 30.3 Å². The molecule has 0 fully saturated rings. The minimum absolute atomic E-state index is 0.0503. The van der Waals surface area contributed by atoms with Crippen LogP contribution in [0.1, 0.15) is 26.3 Å². The molecule has 0 atom stereocenters. The number of nitriles is 1. The molecule has 0 unspecified atom stereocenters. The van der Waals surface area contributed by atoms with Crippen molar-refractivity contribution < 1.29 is 9.13 Å². The van der Waals surface area contributed by atoms with Gasteiger partial charge in [0.2, 0.25) is 5.88 Å². The van der Waals surface area contributed by atoms with Crippen molar-refractivity contribution >= 4 is 27.0 Å². The highest BCUT2D eigenvalue weighted by Gasteiger charge is 2.19. The van der Waals surface area contributed by atoms with Crippen LogP contribution in [0.5, 0.6) is 11.6 Å². The van der Waals surface area contributed by atoms with Crippen molar-refractivity contribution in [3.05, 3.63) is 64.4 Å². The molecule has 2 aromatic carbocycles. The van der Waals surface area contributed by atoms with Gasteiger partial charge >= 0.3 is 0 Å². The third-order valence-electron chi connectivity index (χ3n) is 4.54. The highest BCUT2D eigenvalue weighted by molar-refractivity contribution is 9.10. The standard InChI is InChI=1S/C23H19BrFN5O/c1-23(2,3)13-30-18-10-11-19(20(24)21(18)28-29-30)31-22-15(12-26)6-9-17(27-22)14-4-7-16(25)8-5-14/h4-11H,13H2,1-3H3. The summed E-state index contributed by atoms with van der Waals surface area (Å²) < 4.78 is 21.7. The first-order valence-electron chi connectivity index (χ1n) is 9.62. The molecule has 0 spiro atoms. The predicted molar refractivity (Wildman–Crippen MR) is 119 cm³/mol. The fourth-order valence-corrected chi connectivity index (χ4v) is 3.62. The zero-order chi connectivity index (χ0) is 22.2. The average molecular weight is 480 g/mol. The first kappa shape index (κ1) is 20.9. The number of nitrogens with zero attached hydrogens (tertiary/aromatic N) is 5. The number of fused-ring (bicyclic) bond motifs is 1. The highest BCUT2D eigenvalue weighted by atomic mass is 79.9. The molecule has 0 aliphatic carbocycles. The second-order valence-corrected chi connectivity index (χ2v) is 9.12. The van der Waals surface area contributed by atoms with Gasteiger partial charge < -0.3 is 4.74 Å². The predicted octanol–water partition coefficient (Wildman–Crippen LogP) is 6.10. The molecule has 31 heavy (non-hydrogen) atoms. The average Bonchev–Trinajstić information content (AvgIpc) is 3.12. The van der Waals surface area contributed by atoms with E-state index >= 15 is 0 Å². The van der Waals surface area contributed by atoms with Gasteiger partial charge in [0.15, 0.2) is 0 Å². The summed E-state index contributed by atoms with van der Waals surface area (Å²) in [6.07, 6.45) is 0. The van der Waals surface area contributed by atoms with Gasteiger partial charge in [-0.2, -0.15) is 5.26 Å². The van der Waals surface area contributed by atoms with Crippen LogP contribution in [0.4, 0.5) is 4.39 Å². The Bertz CT molecular complexity index is 1300. The molecule has 8 heteroatoms. The van der Waals surface area contributed by atoms with Crippen LogP contribution in [0.3, 0.4) is 0 Å². The number of benzene rings is 2. The molecule has 0 aliphatic rings. The van der Waals surface area contributed by atoms with Gasteiger partial charge in [-0.15, -0.1) is 5.10 Å². The summed E-state index contributed by atoms with van der Waals surface area (Å²) in [6.45, 7) is 7.12. The number of ether oxygens (including phenoxy) is 1. The fraction of sp³-hybridized carbons (Fsp3) is 0.217. The van der Waals surface area contributed by atoms with Crippen molar-refractivity contribution in [3.8, 4) is 29.0 Å². The minimum Gasteiger partial charge on any atom is -0.436 e. The van der Waals surface area contributed by atoms with Crippen molar-refractivity contribution in [2.75, 3.05) is 0 Å². The molecule has 0 amide bonds. The Balaban J connectivity index is 1.71. The minimum atomic E-state index is -0.328. The summed E-state index contributed by atoms with van der Waals surface area (Å²) in [5, 5.41) is 18.0. The lowest BCUT2D eigenvalue weighted by Crippen LogP contribution is -2.16. The number of pyridine rings is 1. The van der Waals surface area contributed by atoms with Gasteiger partial charge in [-0.3, -0.25) is 0 Å². The zero-order valence-electron chi connectivity index (χ0n) is 17.2. The van der Waals surface area contributed by atoms with Crippen LogP contribution in [0.2, 0.25) is 0 Å². The van der Waals surface area contributed by atoms with Crippen LogP contribution in [0.25, 0.3) is 22.3 Å². The number of aromatic nitrogens is 4. The maximum Gasteiger partial charge on any atom is 0.237 e. The van der Waals surface area contributed by atoms with E-state index in [0.717, 1.165) is 17.6 Å². The van der Waals surface area contributed by atoms with Crippen LogP contribution < -0.4 is 4.74 Å². The number of rotatable bonds is 4. The van der Waals surface area contributed by atoms with Gasteiger partial charge in [-0.05, 0) is 69.9 Å². The van der Waals surface area contributed by atoms with Crippen molar-refractivity contribution in [3.63, 3.8) is 0 Å². The molecule has 0 aliphatic heterocycles. The summed E-state index contributed by atoms with van der Waals surface area (Å²) in [5.74, 6) is 0.299. The number of halogens is 2. The lowest BCUT2D eigenvalue weighted by molar-refractivity contribution is 0.327. The monoisotopic (exact) mass is 479 g/mol. The van der Waals surface area contributed by atoms with Gasteiger partial charge in [0.05, 0.1) is 15.7 Å². The van der Waals surface area contributed by atoms with Crippen LogP contribution in [0, 0.1) is 22.6 Å². The van der Waals surface area contributed by atoms with E-state index in [2.05, 4.69) is 58.1 Å². The Labute approximate surface area is 187 Å². The number of hydrogen-bond donors (Lipinski definition) is 0. The largest absolute Gasteiger partial charge is 0.436 e. The van der Waals surface area contributed by atoms with Crippen molar-refractivity contribution in [2.45, 2.75) is 27.3 Å². The molecule has 4 rings (SSSR count). The number of hydrogen-bond acceptors (Lipinski definition) is 5. The van der Waals surface area contributed by atoms with E-state index in [0.29, 0.717) is 21.4 Å². The van der Waals surface area contributed by atoms with E-state index < -0.39 is 0 Å². The van der Waals surface area contributed by atoms with Crippen LogP contribution in [-0.4, -0.2) is 20.0 Å². The first-order chi connectivity index (χ1) is 14.7. The fourth-order valence-electron chi connectivity index (χ4n) is 3.12. The smallest absolute Gasteiger partial charge is 0.237 e. The second kappa shape index (κ2) is 8.08. The Kier molecular flexibility index (Phi) is 5.46. The summed E-state index contributed by atoms with van der Waals surface area (Å²) in [6, 6.07) is 15.1. The third kappa shape index (κ3) is 4.42. The molecule has 6 nitrogen and oxygen atoms in total. The first-order valence-corrected chi connectivity index (χ1v) is 10.4. The summed E-state index contributed by atoms with van der Waals surface area (Å²) in [7, 11) is 0. The zero-order valence-corrected chi connectivity index (χ0v) is 18.8. The normalized spacial score (nSPS) is 11.5. The summed E-state index contributed by atoms with van der Waals surface area (Å²) >= 11 is 3.56. The summed E-state index contributed by atoms with van der Waals surface area (Å²) in [4.78, 5) is 4.48. The summed E-state index contributed by atoms with van der Waals surface area (Å²) in [5.41, 5.74) is 3.17. The lowest BCUT2D eigenvalue weighted by Gasteiger charge is -2.18. The van der Waals surface area contributed by atoms with Gasteiger partial charge in [-0.1, -0.05) is 26.0 Å². The molecule has 4 aromatic rings. The van der Waals surface area contributed by atoms with E-state index in [4.69, 9.17) is 4.74 Å². The van der Waals surface area contributed by atoms with E-state index in [1.807, 2.05) is 10.7 Å². The van der Waals surface area contributed by atoms with Gasteiger partial charge in [0.1, 0.15) is 28.7 Å². The SMILES string of the molecule is CC(C)(C)Cn1nnc2c(Br)c(Oc3nc(-c4ccc(F)cc4)ccc3C#N)ccc21. The molecule has 0 bridgehead atoms. The maximum absolute atomic E-state index is 13.2. The molecular formula is C23H19BrFN5O. The Morgan fingerprint density at radius 3 is 2.52 bits per heavy atom. The van der Waals surface area contributed by atoms with E-state index in [9.17, 15) is 9.65 Å². The van der Waals surface area contributed by atoms with Gasteiger partial charge in [-0.25, -0.2) is 14.1 Å². The van der Waals surface area contributed by atoms with Gasteiger partial charge in [0.25, 0.3) is 0 Å². The third-order valence-corrected chi connectivity index (χ3v) is 5.31. The molecule has 0 saturated heterocycles. The van der Waals surface area contributed by atoms with Gasteiger partial charge in [0, 0.05) is 12.1 Å². The lowest BCUT2D eigenvalue weighted by atomic mass is 9.97. The van der Waals surface area contributed by atoms with Crippen molar-refractivity contribution in [1.29, 1.82) is 5.26 Å². The molecule has 0 saturated carbocycles. The van der Waals surface area contributed by atoms with Crippen LogP contribution >= 0.6 is 15.9 Å². The van der Waals surface area contributed by atoms with Crippen LogP contribution in [0.15, 0.2) is 53.0 Å². The van der Waals surface area contributed by atoms with Crippen molar-refractivity contribution in [2.24, 2.45) is 5.41 Å². The highest BCUT2D eigenvalue weighted by Crippen LogP contribution is 2.36. The molecule has 0 N–H and O–H groups in total. The Morgan fingerprint density at radius 2 is 1.84 bits per heavy atom. The van der Waals surface area contributed by atoms with E-state index in [1.165, 1.54) is 12.1 Å². The van der Waals surface area contributed by atoms with Crippen molar-refractivity contribution in [1.82, 2.24) is 20.0 Å². The Hall–Kier alpha value is -3.31. The molecule has 2 heterocycles. The maximum atomic E-state index is 13.2. The second-order valence-electron chi connectivity index (χ2n) is 8.32. The molecule has 0 radical (unpaired) electrons. The molecule has 156 valence electrons. The molecular weight excluding hydrogens is 461 g/mol. The Morgan fingerprint density at radius 1 is 1.10 bits per heavy atom. The van der Waals surface area contributed by atoms with Crippen LogP contribution in [-0.2, 0) is 6.54 Å². The molecule has 2 aromatic heterocycles. The van der Waals surface area contributed by atoms with E-state index in [-0.39, 0.29) is 22.7 Å². The topological polar surface area (TPSA) is 76.6 Å². The quantitative estimate of drug-likeness (QED) is 0.353.